The molecule has 1 aliphatic heterocycles. The van der Waals surface area contributed by atoms with E-state index >= 15 is 0 Å². The van der Waals surface area contributed by atoms with Gasteiger partial charge in [-0.1, -0.05) is 29.8 Å². The van der Waals surface area contributed by atoms with Gasteiger partial charge < -0.3 is 4.90 Å². The van der Waals surface area contributed by atoms with E-state index in [4.69, 9.17) is 11.6 Å². The van der Waals surface area contributed by atoms with Gasteiger partial charge in [-0.15, -0.1) is 0 Å². The average molecular weight is 376 g/mol. The molecule has 130 valence electrons. The van der Waals surface area contributed by atoms with Crippen molar-refractivity contribution >= 4 is 33.0 Å². The highest BCUT2D eigenvalue weighted by molar-refractivity contribution is 7.94. The molecule has 1 aliphatic rings. The molecule has 0 saturated heterocycles. The van der Waals surface area contributed by atoms with E-state index in [1.54, 1.807) is 30.3 Å². The lowest BCUT2D eigenvalue weighted by atomic mass is 10.1. The van der Waals surface area contributed by atoms with E-state index in [-0.39, 0.29) is 11.7 Å². The first kappa shape index (κ1) is 17.7. The molecule has 6 heteroatoms. The Kier molecular flexibility index (Phi) is 4.71. The normalized spacial score (nSPS) is 18.3. The summed E-state index contributed by atoms with van der Waals surface area (Å²) in [5, 5.41) is 1.51. The van der Waals surface area contributed by atoms with Crippen molar-refractivity contribution in [2.24, 2.45) is 0 Å². The third-order valence-corrected chi connectivity index (χ3v) is 6.04. The fraction of sp³-hybridized carbons (Fsp3) is 0.211. The molecule has 0 aliphatic carbocycles. The van der Waals surface area contributed by atoms with E-state index in [0.29, 0.717) is 16.3 Å². The fourth-order valence-corrected chi connectivity index (χ4v) is 4.30. The molecule has 1 heterocycles. The minimum atomic E-state index is -3.30. The van der Waals surface area contributed by atoms with E-state index in [2.05, 4.69) is 0 Å². The number of anilines is 1. The van der Waals surface area contributed by atoms with Crippen molar-refractivity contribution in [3.05, 3.63) is 75.7 Å². The Morgan fingerprint density at radius 3 is 2.44 bits per heavy atom. The van der Waals surface area contributed by atoms with E-state index in [0.717, 1.165) is 11.1 Å². The minimum Gasteiger partial charge on any atom is -0.300 e. The Hall–Kier alpha value is -2.11. The lowest BCUT2D eigenvalue weighted by Crippen LogP contribution is -2.41. The molecule has 0 fully saturated rings. The zero-order valence-corrected chi connectivity index (χ0v) is 15.5. The van der Waals surface area contributed by atoms with Crippen LogP contribution in [-0.2, 0) is 9.84 Å². The van der Waals surface area contributed by atoms with Gasteiger partial charge in [0.1, 0.15) is 0 Å². The van der Waals surface area contributed by atoms with Crippen LogP contribution in [0.15, 0.2) is 53.9 Å². The number of hydrogen-bond acceptors (Lipinski definition) is 3. The van der Waals surface area contributed by atoms with Crippen LogP contribution in [0.3, 0.4) is 0 Å². The largest absolute Gasteiger partial charge is 0.300 e. The molecule has 2 aromatic carbocycles. The van der Waals surface area contributed by atoms with Crippen molar-refractivity contribution in [1.82, 2.24) is 0 Å². The molecule has 25 heavy (non-hydrogen) atoms. The molecule has 0 unspecified atom stereocenters. The van der Waals surface area contributed by atoms with Gasteiger partial charge in [-0.2, -0.15) is 0 Å². The van der Waals surface area contributed by atoms with Crippen LogP contribution in [0.4, 0.5) is 5.69 Å². The van der Waals surface area contributed by atoms with Gasteiger partial charge in [0, 0.05) is 11.1 Å². The smallest absolute Gasteiger partial charge is 0.260 e. The molecule has 0 N–H and O–H groups in total. The number of aryl methyl sites for hydroxylation is 2. The van der Waals surface area contributed by atoms with Crippen molar-refractivity contribution in [1.29, 1.82) is 0 Å². The summed E-state index contributed by atoms with van der Waals surface area (Å²) in [6.07, 6.45) is 1.55. The SMILES string of the molecule is Cc1ccc(N(C(=O)c2ccccc2Cl)[C@@H]2C=CS(=O)(=O)C2)cc1C. The van der Waals surface area contributed by atoms with Crippen molar-refractivity contribution in [2.75, 3.05) is 10.7 Å². The summed E-state index contributed by atoms with van der Waals surface area (Å²) in [5.41, 5.74) is 3.13. The second kappa shape index (κ2) is 6.65. The predicted octanol–water partition coefficient (Wildman–Crippen LogP) is 3.91. The van der Waals surface area contributed by atoms with Gasteiger partial charge in [-0.05, 0) is 55.3 Å². The van der Waals surface area contributed by atoms with Crippen molar-refractivity contribution in [2.45, 2.75) is 19.9 Å². The summed E-state index contributed by atoms with van der Waals surface area (Å²) in [6.45, 7) is 3.94. The maximum Gasteiger partial charge on any atom is 0.260 e. The van der Waals surface area contributed by atoms with Crippen LogP contribution >= 0.6 is 11.6 Å². The monoisotopic (exact) mass is 375 g/mol. The standard InChI is InChI=1S/C19H18ClNO3S/c1-13-7-8-15(11-14(13)2)21(16-9-10-25(23,24)12-16)19(22)17-5-3-4-6-18(17)20/h3-11,16H,12H2,1-2H3/t16-/m1/s1. The Balaban J connectivity index is 2.09. The molecule has 4 nitrogen and oxygen atoms in total. The van der Waals surface area contributed by atoms with Gasteiger partial charge in [-0.3, -0.25) is 4.79 Å². The third kappa shape index (κ3) is 3.62. The molecule has 1 amide bonds. The minimum absolute atomic E-state index is 0.129. The first-order chi connectivity index (χ1) is 11.8. The molecule has 0 saturated carbocycles. The number of benzene rings is 2. The lowest BCUT2D eigenvalue weighted by molar-refractivity contribution is 0.0983. The first-order valence-electron chi connectivity index (χ1n) is 7.85. The Morgan fingerprint density at radius 2 is 1.84 bits per heavy atom. The summed E-state index contributed by atoms with van der Waals surface area (Å²) >= 11 is 6.19. The van der Waals surface area contributed by atoms with Gasteiger partial charge in [-0.25, -0.2) is 8.42 Å². The van der Waals surface area contributed by atoms with Gasteiger partial charge in [0.15, 0.2) is 9.84 Å². The number of amides is 1. The number of nitrogens with zero attached hydrogens (tertiary/aromatic N) is 1. The van der Waals surface area contributed by atoms with Gasteiger partial charge in [0.2, 0.25) is 0 Å². The number of rotatable bonds is 3. The van der Waals surface area contributed by atoms with Gasteiger partial charge >= 0.3 is 0 Å². The van der Waals surface area contributed by atoms with Crippen molar-refractivity contribution in [3.8, 4) is 0 Å². The highest BCUT2D eigenvalue weighted by atomic mass is 35.5. The van der Waals surface area contributed by atoms with E-state index in [1.807, 2.05) is 32.0 Å². The number of carbonyl (C=O) groups is 1. The van der Waals surface area contributed by atoms with Crippen LogP contribution in [-0.4, -0.2) is 26.1 Å². The van der Waals surface area contributed by atoms with Crippen LogP contribution in [0.1, 0.15) is 21.5 Å². The van der Waals surface area contributed by atoms with E-state index in [1.165, 1.54) is 10.3 Å². The number of hydrogen-bond donors (Lipinski definition) is 0. The highest BCUT2D eigenvalue weighted by Gasteiger charge is 2.32. The molecule has 1 atom stereocenters. The molecular formula is C19H18ClNO3S. The lowest BCUT2D eigenvalue weighted by Gasteiger charge is -2.28. The van der Waals surface area contributed by atoms with E-state index in [9.17, 15) is 13.2 Å². The van der Waals surface area contributed by atoms with Crippen LogP contribution < -0.4 is 4.90 Å². The second-order valence-electron chi connectivity index (χ2n) is 6.15. The van der Waals surface area contributed by atoms with Crippen LogP contribution in [0.5, 0.6) is 0 Å². The Labute approximate surface area is 152 Å². The van der Waals surface area contributed by atoms with Crippen LogP contribution in [0.2, 0.25) is 5.02 Å². The number of carbonyl (C=O) groups excluding carboxylic acids is 1. The number of halogens is 1. The maximum absolute atomic E-state index is 13.2. The van der Waals surface area contributed by atoms with Crippen LogP contribution in [0, 0.1) is 13.8 Å². The van der Waals surface area contributed by atoms with Gasteiger partial charge in [0.25, 0.3) is 5.91 Å². The molecule has 0 spiro atoms. The molecule has 0 bridgehead atoms. The third-order valence-electron chi connectivity index (χ3n) is 4.33. The molecule has 0 radical (unpaired) electrons. The zero-order chi connectivity index (χ0) is 18.2. The molecule has 2 aromatic rings. The summed E-state index contributed by atoms with van der Waals surface area (Å²) in [6, 6.07) is 11.9. The highest BCUT2D eigenvalue weighted by Crippen LogP contribution is 2.28. The van der Waals surface area contributed by atoms with E-state index < -0.39 is 15.9 Å². The van der Waals surface area contributed by atoms with Gasteiger partial charge in [0.05, 0.1) is 22.4 Å². The van der Waals surface area contributed by atoms with Crippen LogP contribution in [0.25, 0.3) is 0 Å². The maximum atomic E-state index is 13.2. The van der Waals surface area contributed by atoms with Crippen molar-refractivity contribution in [3.63, 3.8) is 0 Å². The Morgan fingerprint density at radius 1 is 1.12 bits per heavy atom. The fourth-order valence-electron chi connectivity index (χ4n) is 2.82. The van der Waals surface area contributed by atoms with Crippen molar-refractivity contribution < 1.29 is 13.2 Å². The summed E-state index contributed by atoms with van der Waals surface area (Å²) in [5.74, 6) is -0.448. The predicted molar refractivity (Wildman–Crippen MR) is 101 cm³/mol. The summed E-state index contributed by atoms with van der Waals surface area (Å²) in [7, 11) is -3.30. The summed E-state index contributed by atoms with van der Waals surface area (Å²) < 4.78 is 23.7. The quantitative estimate of drug-likeness (QED) is 0.817. The number of sulfone groups is 1. The molecule has 3 rings (SSSR count). The molecular weight excluding hydrogens is 358 g/mol. The topological polar surface area (TPSA) is 54.5 Å². The summed E-state index contributed by atoms with van der Waals surface area (Å²) in [4.78, 5) is 14.7. The second-order valence-corrected chi connectivity index (χ2v) is 8.49. The Bertz CT molecular complexity index is 966. The zero-order valence-electron chi connectivity index (χ0n) is 13.9. The first-order valence-corrected chi connectivity index (χ1v) is 9.94. The molecule has 0 aromatic heterocycles. The average Bonchev–Trinajstić information content (AvgIpc) is 2.91.